The van der Waals surface area contributed by atoms with E-state index in [0.717, 1.165) is 0 Å². The van der Waals surface area contributed by atoms with Crippen LogP contribution in [-0.4, -0.2) is 19.7 Å². The van der Waals surface area contributed by atoms with E-state index in [1.165, 1.54) is 11.0 Å². The third-order valence-corrected chi connectivity index (χ3v) is 1.81. The summed E-state index contributed by atoms with van der Waals surface area (Å²) in [6.45, 7) is 0. The second-order valence-corrected chi connectivity index (χ2v) is 2.75. The van der Waals surface area contributed by atoms with E-state index in [1.54, 1.807) is 18.3 Å². The quantitative estimate of drug-likeness (QED) is 0.734. The third-order valence-electron chi connectivity index (χ3n) is 1.51. The summed E-state index contributed by atoms with van der Waals surface area (Å²) in [7, 11) is 0. The highest BCUT2D eigenvalue weighted by Crippen LogP contribution is 2.17. The number of hydrogen-bond donors (Lipinski definition) is 1. The number of pyridine rings is 1. The lowest BCUT2D eigenvalue weighted by Crippen LogP contribution is -2.04. The molecule has 0 fully saturated rings. The van der Waals surface area contributed by atoms with Crippen molar-refractivity contribution >= 4 is 17.5 Å². The monoisotopic (exact) mass is 195 g/mol. The maximum atomic E-state index is 5.88. The zero-order valence-electron chi connectivity index (χ0n) is 6.55. The molecule has 13 heavy (non-hydrogen) atoms. The van der Waals surface area contributed by atoms with Gasteiger partial charge in [0.15, 0.2) is 5.82 Å². The Balaban J connectivity index is 2.59. The molecule has 2 rings (SSSR count). The van der Waals surface area contributed by atoms with Crippen LogP contribution in [0.5, 0.6) is 0 Å². The summed E-state index contributed by atoms with van der Waals surface area (Å²) in [5.41, 5.74) is 5.53. The Morgan fingerprint density at radius 1 is 1.38 bits per heavy atom. The van der Waals surface area contributed by atoms with Crippen molar-refractivity contribution in [1.29, 1.82) is 0 Å². The molecule has 5 nitrogen and oxygen atoms in total. The van der Waals surface area contributed by atoms with Gasteiger partial charge in [-0.25, -0.2) is 4.98 Å². The molecule has 0 amide bonds. The number of rotatable bonds is 1. The smallest absolute Gasteiger partial charge is 0.224 e. The molecule has 0 aliphatic heterocycles. The van der Waals surface area contributed by atoms with Crippen molar-refractivity contribution in [3.63, 3.8) is 0 Å². The lowest BCUT2D eigenvalue weighted by Gasteiger charge is -2.02. The maximum Gasteiger partial charge on any atom is 0.224 e. The van der Waals surface area contributed by atoms with Crippen LogP contribution in [-0.2, 0) is 0 Å². The van der Waals surface area contributed by atoms with Gasteiger partial charge in [-0.05, 0) is 12.1 Å². The van der Waals surface area contributed by atoms with Crippen molar-refractivity contribution in [2.45, 2.75) is 0 Å². The van der Waals surface area contributed by atoms with Gasteiger partial charge in [0.25, 0.3) is 0 Å². The van der Waals surface area contributed by atoms with Crippen LogP contribution >= 0.6 is 11.6 Å². The van der Waals surface area contributed by atoms with E-state index in [1.807, 2.05) is 0 Å². The summed E-state index contributed by atoms with van der Waals surface area (Å²) < 4.78 is 1.38. The van der Waals surface area contributed by atoms with Gasteiger partial charge in [-0.3, -0.25) is 0 Å². The first-order valence-corrected chi connectivity index (χ1v) is 3.93. The summed E-state index contributed by atoms with van der Waals surface area (Å²) >= 11 is 5.88. The summed E-state index contributed by atoms with van der Waals surface area (Å²) in [6, 6.07) is 3.45. The zero-order chi connectivity index (χ0) is 9.26. The van der Waals surface area contributed by atoms with Crippen molar-refractivity contribution in [2.24, 2.45) is 0 Å². The first-order valence-electron chi connectivity index (χ1n) is 3.55. The molecule has 0 saturated heterocycles. The molecule has 2 N–H and O–H groups in total. The average molecular weight is 196 g/mol. The van der Waals surface area contributed by atoms with Crippen molar-refractivity contribution in [3.8, 4) is 5.82 Å². The van der Waals surface area contributed by atoms with Gasteiger partial charge in [0.1, 0.15) is 6.33 Å². The molecule has 2 heterocycles. The predicted molar refractivity (Wildman–Crippen MR) is 48.6 cm³/mol. The summed E-state index contributed by atoms with van der Waals surface area (Å²) in [5.74, 6) is 0.750. The molecular formula is C7H6ClN5. The van der Waals surface area contributed by atoms with Gasteiger partial charge >= 0.3 is 0 Å². The van der Waals surface area contributed by atoms with Crippen molar-refractivity contribution in [2.75, 3.05) is 5.73 Å². The summed E-state index contributed by atoms with van der Waals surface area (Å²) in [6.07, 6.45) is 2.96. The van der Waals surface area contributed by atoms with E-state index in [9.17, 15) is 0 Å². The van der Waals surface area contributed by atoms with Crippen LogP contribution in [0.25, 0.3) is 5.82 Å². The maximum absolute atomic E-state index is 5.88. The highest BCUT2D eigenvalue weighted by molar-refractivity contribution is 6.32. The molecule has 0 saturated carbocycles. The number of aromatic nitrogens is 4. The molecule has 0 unspecified atom stereocenters. The molecule has 2 aromatic rings. The van der Waals surface area contributed by atoms with Gasteiger partial charge < -0.3 is 5.73 Å². The number of nitrogens with zero attached hydrogens (tertiary/aromatic N) is 4. The fraction of sp³-hybridized carbons (Fsp3) is 0. The molecule has 0 radical (unpaired) electrons. The van der Waals surface area contributed by atoms with Gasteiger partial charge in [-0.1, -0.05) is 11.6 Å². The summed E-state index contributed by atoms with van der Waals surface area (Å²) in [5, 5.41) is 4.37. The number of hydrogen-bond acceptors (Lipinski definition) is 4. The fourth-order valence-corrected chi connectivity index (χ4v) is 1.15. The fourth-order valence-electron chi connectivity index (χ4n) is 0.947. The average Bonchev–Trinajstić information content (AvgIpc) is 2.52. The summed E-state index contributed by atoms with van der Waals surface area (Å²) in [4.78, 5) is 7.80. The number of halogens is 1. The van der Waals surface area contributed by atoms with Crippen LogP contribution < -0.4 is 5.73 Å². The van der Waals surface area contributed by atoms with Crippen LogP contribution in [0.1, 0.15) is 0 Å². The molecule has 0 aromatic carbocycles. The second kappa shape index (κ2) is 3.02. The van der Waals surface area contributed by atoms with Crippen molar-refractivity contribution in [1.82, 2.24) is 19.7 Å². The van der Waals surface area contributed by atoms with Crippen LogP contribution in [0, 0.1) is 0 Å². The number of nitrogens with two attached hydrogens (primary N) is 1. The SMILES string of the molecule is Nc1ncnn1-c1ncccc1Cl. The third kappa shape index (κ3) is 1.33. The minimum atomic E-state index is 0.264. The molecule has 6 heteroatoms. The van der Waals surface area contributed by atoms with E-state index in [0.29, 0.717) is 10.8 Å². The highest BCUT2D eigenvalue weighted by atomic mass is 35.5. The van der Waals surface area contributed by atoms with Crippen LogP contribution in [0.2, 0.25) is 5.02 Å². The molecular weight excluding hydrogens is 190 g/mol. The first-order chi connectivity index (χ1) is 6.29. The van der Waals surface area contributed by atoms with Crippen LogP contribution in [0.4, 0.5) is 5.95 Å². The lowest BCUT2D eigenvalue weighted by molar-refractivity contribution is 0.857. The molecule has 66 valence electrons. The van der Waals surface area contributed by atoms with Crippen LogP contribution in [0.3, 0.4) is 0 Å². The minimum absolute atomic E-state index is 0.264. The molecule has 0 bridgehead atoms. The van der Waals surface area contributed by atoms with Gasteiger partial charge in [-0.15, -0.1) is 0 Å². The van der Waals surface area contributed by atoms with Gasteiger partial charge in [0.05, 0.1) is 5.02 Å². The Hall–Kier alpha value is -1.62. The van der Waals surface area contributed by atoms with Gasteiger partial charge in [0, 0.05) is 6.20 Å². The van der Waals surface area contributed by atoms with Crippen LogP contribution in [0.15, 0.2) is 24.7 Å². The molecule has 0 spiro atoms. The lowest BCUT2D eigenvalue weighted by atomic mass is 10.4. The van der Waals surface area contributed by atoms with E-state index in [-0.39, 0.29) is 5.95 Å². The van der Waals surface area contributed by atoms with E-state index < -0.39 is 0 Å². The van der Waals surface area contributed by atoms with E-state index in [4.69, 9.17) is 17.3 Å². The highest BCUT2D eigenvalue weighted by Gasteiger charge is 2.07. The van der Waals surface area contributed by atoms with Gasteiger partial charge in [0.2, 0.25) is 5.95 Å². The van der Waals surface area contributed by atoms with E-state index >= 15 is 0 Å². The largest absolute Gasteiger partial charge is 0.368 e. The number of anilines is 1. The molecule has 0 aliphatic carbocycles. The van der Waals surface area contributed by atoms with Crippen molar-refractivity contribution in [3.05, 3.63) is 29.7 Å². The molecule has 0 atom stereocenters. The van der Waals surface area contributed by atoms with Crippen molar-refractivity contribution < 1.29 is 0 Å². The second-order valence-electron chi connectivity index (χ2n) is 2.34. The Morgan fingerprint density at radius 3 is 2.85 bits per heavy atom. The van der Waals surface area contributed by atoms with E-state index in [2.05, 4.69) is 15.1 Å². The number of nitrogen functional groups attached to an aromatic ring is 1. The standard InChI is InChI=1S/C7H6ClN5/c8-5-2-1-3-10-6(5)13-7(9)11-4-12-13/h1-4H,(H2,9,11,12). The molecule has 2 aromatic heterocycles. The minimum Gasteiger partial charge on any atom is -0.368 e. The Labute approximate surface area is 79.2 Å². The van der Waals surface area contributed by atoms with Gasteiger partial charge in [-0.2, -0.15) is 14.8 Å². The Morgan fingerprint density at radius 2 is 2.23 bits per heavy atom. The topological polar surface area (TPSA) is 69.6 Å². The Bertz CT molecular complexity index is 424. The zero-order valence-corrected chi connectivity index (χ0v) is 7.31. The molecule has 0 aliphatic rings. The Kier molecular flexibility index (Phi) is 1.86. The first kappa shape index (κ1) is 8.00. The predicted octanol–water partition coefficient (Wildman–Crippen LogP) is 0.898. The normalized spacial score (nSPS) is 10.2.